The van der Waals surface area contributed by atoms with Crippen molar-refractivity contribution in [1.29, 1.82) is 0 Å². The van der Waals surface area contributed by atoms with Crippen molar-refractivity contribution in [2.45, 2.75) is 11.4 Å². The fourth-order valence-electron chi connectivity index (χ4n) is 3.53. The topological polar surface area (TPSA) is 83.8 Å². The van der Waals surface area contributed by atoms with Crippen LogP contribution in [0, 0.1) is 0 Å². The highest BCUT2D eigenvalue weighted by Gasteiger charge is 2.13. The predicted octanol–water partition coefficient (Wildman–Crippen LogP) is 4.82. The number of aromatic nitrogens is 3. The van der Waals surface area contributed by atoms with Gasteiger partial charge in [0.15, 0.2) is 11.6 Å². The molecule has 0 aliphatic rings. The van der Waals surface area contributed by atoms with Crippen LogP contribution in [0.4, 0.5) is 0 Å². The van der Waals surface area contributed by atoms with Crippen molar-refractivity contribution in [3.8, 4) is 11.6 Å². The van der Waals surface area contributed by atoms with Gasteiger partial charge in [-0.3, -0.25) is 4.79 Å². The van der Waals surface area contributed by atoms with E-state index in [1.165, 1.54) is 22.7 Å². The molecule has 2 N–H and O–H groups in total. The molecule has 6 nitrogen and oxygen atoms in total. The number of nitrogens with zero attached hydrogens (tertiary/aromatic N) is 2. The molecule has 0 fully saturated rings. The quantitative estimate of drug-likeness (QED) is 0.287. The van der Waals surface area contributed by atoms with Gasteiger partial charge in [-0.2, -0.15) is 0 Å². The fraction of sp³-hybridized carbons (Fsp3) is 0.125. The van der Waals surface area contributed by atoms with Crippen LogP contribution < -0.4 is 5.32 Å². The first-order chi connectivity index (χ1) is 15.3. The number of benzene rings is 2. The van der Waals surface area contributed by atoms with Gasteiger partial charge in [0.1, 0.15) is 5.03 Å². The minimum atomic E-state index is -0.0212. The van der Waals surface area contributed by atoms with E-state index >= 15 is 0 Å². The van der Waals surface area contributed by atoms with E-state index in [1.807, 2.05) is 54.7 Å². The van der Waals surface area contributed by atoms with Crippen LogP contribution >= 0.6 is 11.8 Å². The molecule has 3 aromatic heterocycles. The molecule has 2 aromatic carbocycles. The van der Waals surface area contributed by atoms with Crippen molar-refractivity contribution >= 4 is 39.5 Å². The lowest BCUT2D eigenvalue weighted by Gasteiger charge is -2.08. The largest absolute Gasteiger partial charge is 0.461 e. The van der Waals surface area contributed by atoms with Gasteiger partial charge in [-0.05, 0) is 36.2 Å². The molecule has 3 heterocycles. The molecular weight excluding hydrogens is 408 g/mol. The van der Waals surface area contributed by atoms with Crippen molar-refractivity contribution in [3.63, 3.8) is 0 Å². The maximum Gasteiger partial charge on any atom is 0.230 e. The molecule has 0 saturated carbocycles. The van der Waals surface area contributed by atoms with Gasteiger partial charge in [0.05, 0.1) is 17.5 Å². The highest BCUT2D eigenvalue weighted by atomic mass is 32.2. The number of H-pyrrole nitrogens is 1. The van der Waals surface area contributed by atoms with E-state index in [1.54, 1.807) is 6.26 Å². The lowest BCUT2D eigenvalue weighted by Crippen LogP contribution is -2.27. The smallest absolute Gasteiger partial charge is 0.230 e. The zero-order chi connectivity index (χ0) is 21.0. The van der Waals surface area contributed by atoms with Crippen molar-refractivity contribution < 1.29 is 9.21 Å². The van der Waals surface area contributed by atoms with E-state index in [0.29, 0.717) is 18.1 Å². The second-order valence-corrected chi connectivity index (χ2v) is 8.06. The van der Waals surface area contributed by atoms with Gasteiger partial charge in [-0.25, -0.2) is 9.97 Å². The van der Waals surface area contributed by atoms with Crippen molar-refractivity contribution in [2.75, 3.05) is 12.3 Å². The molecule has 5 rings (SSSR count). The van der Waals surface area contributed by atoms with E-state index < -0.39 is 0 Å². The SMILES string of the molecule is O=C(CSc1nc(-c2ccco2)nc2ccccc12)NCCc1c[nH]c2ccccc12. The Morgan fingerprint density at radius 2 is 1.84 bits per heavy atom. The molecule has 0 aliphatic heterocycles. The monoisotopic (exact) mass is 428 g/mol. The Morgan fingerprint density at radius 1 is 1.00 bits per heavy atom. The number of aromatic amines is 1. The molecule has 0 spiro atoms. The Balaban J connectivity index is 1.24. The van der Waals surface area contributed by atoms with E-state index in [-0.39, 0.29) is 11.7 Å². The highest BCUT2D eigenvalue weighted by Crippen LogP contribution is 2.28. The third kappa shape index (κ3) is 4.18. The number of hydrogen-bond acceptors (Lipinski definition) is 5. The Hall–Kier alpha value is -3.58. The van der Waals surface area contributed by atoms with E-state index in [9.17, 15) is 4.79 Å². The van der Waals surface area contributed by atoms with Crippen LogP contribution in [0.15, 0.2) is 82.6 Å². The van der Waals surface area contributed by atoms with Crippen LogP contribution in [-0.4, -0.2) is 33.2 Å². The number of nitrogens with one attached hydrogen (secondary N) is 2. The summed E-state index contributed by atoms with van der Waals surface area (Å²) >= 11 is 1.41. The molecule has 5 aromatic rings. The van der Waals surface area contributed by atoms with E-state index in [0.717, 1.165) is 27.9 Å². The number of furan rings is 1. The molecule has 0 radical (unpaired) electrons. The van der Waals surface area contributed by atoms with Crippen LogP contribution in [0.25, 0.3) is 33.4 Å². The molecule has 0 aliphatic carbocycles. The average Bonchev–Trinajstić information content (AvgIpc) is 3.48. The second-order valence-electron chi connectivity index (χ2n) is 7.09. The summed E-state index contributed by atoms with van der Waals surface area (Å²) in [6.07, 6.45) is 4.39. The summed E-state index contributed by atoms with van der Waals surface area (Å²) in [7, 11) is 0. The summed E-state index contributed by atoms with van der Waals surface area (Å²) in [4.78, 5) is 25.0. The van der Waals surface area contributed by atoms with Gasteiger partial charge < -0.3 is 14.7 Å². The Labute approximate surface area is 183 Å². The van der Waals surface area contributed by atoms with Crippen molar-refractivity contribution in [3.05, 3.63) is 78.7 Å². The van der Waals surface area contributed by atoms with Gasteiger partial charge in [0.25, 0.3) is 0 Å². The summed E-state index contributed by atoms with van der Waals surface area (Å²) in [6, 6.07) is 19.6. The normalized spacial score (nSPS) is 11.2. The Kier molecular flexibility index (Phi) is 5.41. The standard InChI is InChI=1S/C24H20N4O2S/c29-22(25-12-11-16-14-26-19-8-3-1-6-17(16)19)15-31-24-18-7-2-4-9-20(18)27-23(28-24)21-10-5-13-30-21/h1-10,13-14,26H,11-12,15H2,(H,25,29). The van der Waals surface area contributed by atoms with Crippen LogP contribution in [0.1, 0.15) is 5.56 Å². The molecule has 7 heteroatoms. The third-order valence-electron chi connectivity index (χ3n) is 5.04. The van der Waals surface area contributed by atoms with Crippen LogP contribution in [0.5, 0.6) is 0 Å². The van der Waals surface area contributed by atoms with Crippen molar-refractivity contribution in [2.24, 2.45) is 0 Å². The zero-order valence-corrected chi connectivity index (χ0v) is 17.5. The molecule has 0 unspecified atom stereocenters. The van der Waals surface area contributed by atoms with Gasteiger partial charge in [0, 0.05) is 29.0 Å². The van der Waals surface area contributed by atoms with Crippen LogP contribution in [0.2, 0.25) is 0 Å². The zero-order valence-electron chi connectivity index (χ0n) is 16.7. The summed E-state index contributed by atoms with van der Waals surface area (Å²) in [6.45, 7) is 0.587. The molecule has 0 saturated heterocycles. The number of para-hydroxylation sites is 2. The number of rotatable bonds is 7. The number of carbonyl (C=O) groups is 1. The van der Waals surface area contributed by atoms with Gasteiger partial charge in [-0.1, -0.05) is 48.2 Å². The first kappa shape index (κ1) is 19.4. The van der Waals surface area contributed by atoms with Gasteiger partial charge in [-0.15, -0.1) is 0 Å². The predicted molar refractivity (Wildman–Crippen MR) is 123 cm³/mol. The summed E-state index contributed by atoms with van der Waals surface area (Å²) in [5, 5.41) is 5.90. The van der Waals surface area contributed by atoms with Crippen LogP contribution in [-0.2, 0) is 11.2 Å². The Bertz CT molecular complexity index is 1340. The van der Waals surface area contributed by atoms with Gasteiger partial charge in [0.2, 0.25) is 5.91 Å². The average molecular weight is 429 g/mol. The van der Waals surface area contributed by atoms with Crippen molar-refractivity contribution in [1.82, 2.24) is 20.3 Å². The summed E-state index contributed by atoms with van der Waals surface area (Å²) in [5.74, 6) is 1.39. The lowest BCUT2D eigenvalue weighted by molar-refractivity contribution is -0.118. The van der Waals surface area contributed by atoms with E-state index in [2.05, 4.69) is 32.4 Å². The molecular formula is C24H20N4O2S. The first-order valence-electron chi connectivity index (χ1n) is 10.0. The number of carbonyl (C=O) groups excluding carboxylic acids is 1. The molecule has 0 bridgehead atoms. The molecule has 1 amide bonds. The maximum absolute atomic E-state index is 12.5. The fourth-order valence-corrected chi connectivity index (χ4v) is 4.38. The van der Waals surface area contributed by atoms with Gasteiger partial charge >= 0.3 is 0 Å². The highest BCUT2D eigenvalue weighted by molar-refractivity contribution is 8.00. The second kappa shape index (κ2) is 8.65. The lowest BCUT2D eigenvalue weighted by atomic mass is 10.1. The maximum atomic E-state index is 12.5. The molecule has 0 atom stereocenters. The summed E-state index contributed by atoms with van der Waals surface area (Å²) < 4.78 is 5.45. The number of fused-ring (bicyclic) bond motifs is 2. The first-order valence-corrected chi connectivity index (χ1v) is 11.0. The minimum absolute atomic E-state index is 0.0212. The number of hydrogen-bond donors (Lipinski definition) is 2. The van der Waals surface area contributed by atoms with Crippen LogP contribution in [0.3, 0.4) is 0 Å². The van der Waals surface area contributed by atoms with E-state index in [4.69, 9.17) is 4.42 Å². The Morgan fingerprint density at radius 3 is 2.71 bits per heavy atom. The minimum Gasteiger partial charge on any atom is -0.461 e. The number of thioether (sulfide) groups is 1. The third-order valence-corrected chi connectivity index (χ3v) is 6.03. The summed E-state index contributed by atoms with van der Waals surface area (Å²) in [5.41, 5.74) is 3.14. The molecule has 154 valence electrons. The molecule has 31 heavy (non-hydrogen) atoms. The number of amides is 1.